The third-order valence-corrected chi connectivity index (χ3v) is 8.87. The molecule has 3 saturated heterocycles. The van der Waals surface area contributed by atoms with Gasteiger partial charge in [-0.05, 0) is 43.5 Å². The van der Waals surface area contributed by atoms with E-state index in [4.69, 9.17) is 9.47 Å². The van der Waals surface area contributed by atoms with Gasteiger partial charge in [-0.1, -0.05) is 12.1 Å². The quantitative estimate of drug-likeness (QED) is 0.504. The summed E-state index contributed by atoms with van der Waals surface area (Å²) in [5, 5.41) is 10.9. The Morgan fingerprint density at radius 2 is 1.85 bits per heavy atom. The molecule has 0 amide bonds. The van der Waals surface area contributed by atoms with Gasteiger partial charge < -0.3 is 24.3 Å². The Labute approximate surface area is 234 Å². The van der Waals surface area contributed by atoms with E-state index in [1.165, 1.54) is 18.5 Å². The third-order valence-electron chi connectivity index (χ3n) is 8.87. The van der Waals surface area contributed by atoms with Gasteiger partial charge in [-0.25, -0.2) is 9.97 Å². The van der Waals surface area contributed by atoms with Crippen molar-refractivity contribution < 1.29 is 9.47 Å². The van der Waals surface area contributed by atoms with E-state index < -0.39 is 0 Å². The molecule has 4 aliphatic rings. The second kappa shape index (κ2) is 10.6. The summed E-state index contributed by atoms with van der Waals surface area (Å²) in [5.41, 5.74) is 6.58. The molecular weight excluding hydrogens is 502 g/mol. The first-order valence-electron chi connectivity index (χ1n) is 14.4. The fourth-order valence-corrected chi connectivity index (χ4v) is 6.51. The number of hydrogen-bond acceptors (Lipinski definition) is 8. The molecule has 3 aromatic rings. The number of hydrogen-bond donors (Lipinski definition) is 1. The van der Waals surface area contributed by atoms with Gasteiger partial charge >= 0.3 is 0 Å². The van der Waals surface area contributed by atoms with Crippen molar-refractivity contribution in [1.29, 1.82) is 5.26 Å². The van der Waals surface area contributed by atoms with Crippen molar-refractivity contribution in [2.75, 3.05) is 64.5 Å². The Kier molecular flexibility index (Phi) is 6.66. The first-order valence-corrected chi connectivity index (χ1v) is 14.4. The van der Waals surface area contributed by atoms with Crippen LogP contribution in [0.5, 0.6) is 0 Å². The molecule has 1 unspecified atom stereocenters. The molecule has 206 valence electrons. The Morgan fingerprint density at radius 3 is 2.58 bits per heavy atom. The number of nitrogens with one attached hydrogen (secondary N) is 1. The summed E-state index contributed by atoms with van der Waals surface area (Å²) in [6, 6.07) is 11.3. The number of aromatic amines is 1. The van der Waals surface area contributed by atoms with E-state index in [0.29, 0.717) is 11.6 Å². The highest BCUT2D eigenvalue weighted by Gasteiger charge is 2.31. The van der Waals surface area contributed by atoms with Crippen molar-refractivity contribution in [3.8, 4) is 17.3 Å². The lowest BCUT2D eigenvalue weighted by Crippen LogP contribution is -2.56. The molecule has 40 heavy (non-hydrogen) atoms. The van der Waals surface area contributed by atoms with Gasteiger partial charge in [-0.3, -0.25) is 4.90 Å². The van der Waals surface area contributed by atoms with E-state index in [2.05, 4.69) is 66.1 Å². The maximum absolute atomic E-state index is 9.90. The van der Waals surface area contributed by atoms with Gasteiger partial charge in [0.05, 0.1) is 49.0 Å². The van der Waals surface area contributed by atoms with Gasteiger partial charge in [-0.2, -0.15) is 5.26 Å². The molecule has 2 aromatic heterocycles. The van der Waals surface area contributed by atoms with E-state index in [0.717, 1.165) is 98.3 Å². The monoisotopic (exact) mass is 537 g/mol. The number of rotatable bonds is 6. The fraction of sp³-hybridized carbons (Fsp3) is 0.452. The summed E-state index contributed by atoms with van der Waals surface area (Å²) in [7, 11) is 1.76. The van der Waals surface area contributed by atoms with Crippen LogP contribution in [-0.4, -0.2) is 90.4 Å². The van der Waals surface area contributed by atoms with E-state index in [1.54, 1.807) is 13.4 Å². The van der Waals surface area contributed by atoms with Crippen LogP contribution in [0.1, 0.15) is 36.4 Å². The largest absolute Gasteiger partial charge is 0.495 e. The first-order chi connectivity index (χ1) is 19.7. The summed E-state index contributed by atoms with van der Waals surface area (Å²) >= 11 is 0. The summed E-state index contributed by atoms with van der Waals surface area (Å²) in [6.07, 6.45) is 9.39. The molecule has 9 nitrogen and oxygen atoms in total. The Hall–Kier alpha value is -3.87. The molecule has 0 saturated carbocycles. The highest BCUT2D eigenvalue weighted by atomic mass is 16.5. The maximum atomic E-state index is 9.90. The van der Waals surface area contributed by atoms with Crippen LogP contribution >= 0.6 is 0 Å². The van der Waals surface area contributed by atoms with Gasteiger partial charge in [-0.15, -0.1) is 0 Å². The predicted octanol–water partition coefficient (Wildman–Crippen LogP) is 4.01. The highest BCUT2D eigenvalue weighted by Crippen LogP contribution is 2.36. The van der Waals surface area contributed by atoms with Crippen molar-refractivity contribution in [2.24, 2.45) is 0 Å². The fourth-order valence-electron chi connectivity index (χ4n) is 6.51. The molecule has 3 aliphatic heterocycles. The highest BCUT2D eigenvalue weighted by molar-refractivity contribution is 5.92. The van der Waals surface area contributed by atoms with E-state index in [9.17, 15) is 5.26 Å². The van der Waals surface area contributed by atoms with Crippen LogP contribution in [0.3, 0.4) is 0 Å². The number of aromatic nitrogens is 3. The van der Waals surface area contributed by atoms with Crippen LogP contribution in [0.2, 0.25) is 0 Å². The zero-order chi connectivity index (χ0) is 27.1. The molecular formula is C31H35N7O2. The van der Waals surface area contributed by atoms with E-state index in [-0.39, 0.29) is 5.92 Å². The van der Waals surface area contributed by atoms with Crippen LogP contribution in [0, 0.1) is 11.3 Å². The first kappa shape index (κ1) is 25.1. The van der Waals surface area contributed by atoms with Crippen molar-refractivity contribution in [1.82, 2.24) is 24.8 Å². The molecule has 0 radical (unpaired) electrons. The second-order valence-corrected chi connectivity index (χ2v) is 11.1. The van der Waals surface area contributed by atoms with Crippen molar-refractivity contribution >= 4 is 16.7 Å². The van der Waals surface area contributed by atoms with Crippen molar-refractivity contribution in [2.45, 2.75) is 31.2 Å². The number of fused-ring (bicyclic) bond motifs is 1. The Morgan fingerprint density at radius 1 is 1.02 bits per heavy atom. The molecule has 1 aliphatic carbocycles. The third kappa shape index (κ3) is 4.51. The summed E-state index contributed by atoms with van der Waals surface area (Å²) in [6.45, 7) is 7.87. The van der Waals surface area contributed by atoms with E-state index >= 15 is 0 Å². The average Bonchev–Trinajstić information content (AvgIpc) is 3.67. The Balaban J connectivity index is 1.13. The van der Waals surface area contributed by atoms with Crippen LogP contribution in [0.15, 0.2) is 54.2 Å². The molecule has 5 heterocycles. The van der Waals surface area contributed by atoms with Gasteiger partial charge in [0.2, 0.25) is 0 Å². The average molecular weight is 538 g/mol. The lowest BCUT2D eigenvalue weighted by molar-refractivity contribution is -0.0749. The molecule has 7 rings (SSSR count). The minimum Gasteiger partial charge on any atom is -0.495 e. The number of allylic oxidation sites excluding steroid dienone is 2. The van der Waals surface area contributed by atoms with Crippen LogP contribution in [0.4, 0.5) is 5.69 Å². The number of ether oxygens (including phenoxy) is 2. The lowest BCUT2D eigenvalue weighted by atomic mass is 9.94. The zero-order valence-corrected chi connectivity index (χ0v) is 23.0. The van der Waals surface area contributed by atoms with Crippen molar-refractivity contribution in [3.05, 3.63) is 65.5 Å². The van der Waals surface area contributed by atoms with Gasteiger partial charge in [0.1, 0.15) is 23.8 Å². The van der Waals surface area contributed by atoms with Crippen LogP contribution < -0.4 is 4.90 Å². The molecule has 1 N–H and O–H groups in total. The molecule has 3 fully saturated rings. The molecule has 0 spiro atoms. The number of methoxy groups -OCH3 is 1. The number of benzene rings is 1. The minimum atomic E-state index is 0.154. The second-order valence-electron chi connectivity index (χ2n) is 11.1. The predicted molar refractivity (Wildman–Crippen MR) is 154 cm³/mol. The summed E-state index contributed by atoms with van der Waals surface area (Å²) < 4.78 is 11.3. The molecule has 0 bridgehead atoms. The van der Waals surface area contributed by atoms with Crippen LogP contribution in [-0.2, 0) is 9.47 Å². The van der Waals surface area contributed by atoms with Gasteiger partial charge in [0, 0.05) is 61.8 Å². The number of anilines is 1. The smallest absolute Gasteiger partial charge is 0.141 e. The maximum Gasteiger partial charge on any atom is 0.141 e. The number of H-pyrrole nitrogens is 1. The zero-order valence-electron chi connectivity index (χ0n) is 23.0. The van der Waals surface area contributed by atoms with Crippen LogP contribution in [0.25, 0.3) is 22.3 Å². The van der Waals surface area contributed by atoms with Gasteiger partial charge in [0.25, 0.3) is 0 Å². The summed E-state index contributed by atoms with van der Waals surface area (Å²) in [4.78, 5) is 20.0. The topological polar surface area (TPSA) is 93.5 Å². The lowest BCUT2D eigenvalue weighted by Gasteiger charge is -2.44. The SMILES string of the molecule is COC1=CC(c2cc3c(-c4ccc(N5CCCC5)c(C#N)c4)ncnc3[nH]2)CC=C1N1CCN(C2COC2)CC1. The van der Waals surface area contributed by atoms with E-state index in [1.807, 2.05) is 6.07 Å². The standard InChI is InChI=1S/C31H35N7O2/c1-39-29-15-21(4-7-28(29)38-12-10-36(11-13-38)24-18-40-19-24)26-16-25-30(33-20-34-31(25)35-26)22-5-6-27(23(14-22)17-32)37-8-2-3-9-37/h5-7,14-16,20-21,24H,2-4,8-13,18-19H2,1H3,(H,33,34,35). The summed E-state index contributed by atoms with van der Waals surface area (Å²) in [5.74, 6) is 1.08. The molecule has 1 atom stereocenters. The molecule has 9 heteroatoms. The normalized spacial score (nSPS) is 22.1. The number of piperazine rings is 1. The molecule has 1 aromatic carbocycles. The Bertz CT molecular complexity index is 1500. The number of nitriles is 1. The number of nitrogens with zero attached hydrogens (tertiary/aromatic N) is 6. The minimum absolute atomic E-state index is 0.154. The van der Waals surface area contributed by atoms with Crippen molar-refractivity contribution in [3.63, 3.8) is 0 Å². The van der Waals surface area contributed by atoms with Gasteiger partial charge in [0.15, 0.2) is 0 Å².